The number of aliphatic hydroxyl groups excluding tert-OH is 1. The number of methoxy groups -OCH3 is 1. The molecule has 6 heteroatoms. The Kier molecular flexibility index (Phi) is 3.18. The highest BCUT2D eigenvalue weighted by atomic mass is 19.4. The molecule has 0 fully saturated rings. The van der Waals surface area contributed by atoms with Crippen LogP contribution in [0, 0.1) is 5.82 Å². The van der Waals surface area contributed by atoms with Crippen LogP contribution in [0.4, 0.5) is 17.6 Å². The number of benzene rings is 1. The first-order valence-corrected chi connectivity index (χ1v) is 3.95. The molecule has 1 atom stereocenters. The minimum Gasteiger partial charge on any atom is -0.494 e. The van der Waals surface area contributed by atoms with E-state index in [4.69, 9.17) is 5.11 Å². The molecule has 1 N–H and O–H groups in total. The molecule has 84 valence electrons. The van der Waals surface area contributed by atoms with Crippen LogP contribution in [-0.2, 0) is 0 Å². The first-order chi connectivity index (χ1) is 6.88. The van der Waals surface area contributed by atoms with Gasteiger partial charge in [-0.25, -0.2) is 4.39 Å². The quantitative estimate of drug-likeness (QED) is 0.782. The van der Waals surface area contributed by atoms with Crippen molar-refractivity contribution in [1.29, 1.82) is 0 Å². The summed E-state index contributed by atoms with van der Waals surface area (Å²) in [6.07, 6.45) is -7.74. The summed E-state index contributed by atoms with van der Waals surface area (Å²) >= 11 is 0. The van der Waals surface area contributed by atoms with Crippen molar-refractivity contribution in [3.63, 3.8) is 0 Å². The Morgan fingerprint density at radius 2 is 1.93 bits per heavy atom. The zero-order chi connectivity index (χ0) is 11.6. The summed E-state index contributed by atoms with van der Waals surface area (Å²) in [6.45, 7) is 0. The van der Waals surface area contributed by atoms with Crippen LogP contribution >= 0.6 is 0 Å². The zero-order valence-electron chi connectivity index (χ0n) is 7.68. The molecule has 1 aromatic carbocycles. The predicted octanol–water partition coefficient (Wildman–Crippen LogP) is 2.43. The van der Waals surface area contributed by atoms with Gasteiger partial charge < -0.3 is 9.84 Å². The average molecular weight is 224 g/mol. The monoisotopic (exact) mass is 224 g/mol. The lowest BCUT2D eigenvalue weighted by Gasteiger charge is -2.16. The van der Waals surface area contributed by atoms with Gasteiger partial charge in [-0.2, -0.15) is 13.2 Å². The van der Waals surface area contributed by atoms with E-state index in [1.54, 1.807) is 0 Å². The number of alkyl halides is 3. The number of ether oxygens (including phenoxy) is 1. The van der Waals surface area contributed by atoms with Crippen LogP contribution in [-0.4, -0.2) is 18.4 Å². The molecule has 0 aromatic heterocycles. The lowest BCUT2D eigenvalue weighted by atomic mass is 10.1. The molecule has 0 spiro atoms. The third-order valence-electron chi connectivity index (χ3n) is 1.82. The third-order valence-corrected chi connectivity index (χ3v) is 1.82. The van der Waals surface area contributed by atoms with Gasteiger partial charge in [0.05, 0.1) is 7.11 Å². The smallest absolute Gasteiger partial charge is 0.418 e. The molecular weight excluding hydrogens is 216 g/mol. The molecule has 0 aliphatic carbocycles. The lowest BCUT2D eigenvalue weighted by molar-refractivity contribution is -0.207. The largest absolute Gasteiger partial charge is 0.494 e. The van der Waals surface area contributed by atoms with Crippen LogP contribution in [0.15, 0.2) is 18.2 Å². The number of halogens is 4. The van der Waals surface area contributed by atoms with Crippen LogP contribution in [0.1, 0.15) is 11.7 Å². The van der Waals surface area contributed by atoms with Gasteiger partial charge in [0.15, 0.2) is 17.7 Å². The van der Waals surface area contributed by atoms with Gasteiger partial charge in [0.2, 0.25) is 0 Å². The predicted molar refractivity (Wildman–Crippen MR) is 44.0 cm³/mol. The number of aliphatic hydroxyl groups is 1. The molecule has 0 saturated heterocycles. The number of hydrogen-bond donors (Lipinski definition) is 1. The van der Waals surface area contributed by atoms with Crippen molar-refractivity contribution in [3.05, 3.63) is 29.6 Å². The summed E-state index contributed by atoms with van der Waals surface area (Å²) in [6, 6.07) is 3.20. The summed E-state index contributed by atoms with van der Waals surface area (Å²) in [5.41, 5.74) is -0.846. The van der Waals surface area contributed by atoms with Crippen molar-refractivity contribution in [3.8, 4) is 5.75 Å². The van der Waals surface area contributed by atoms with Gasteiger partial charge in [-0.15, -0.1) is 0 Å². The van der Waals surface area contributed by atoms with Crippen LogP contribution in [0.3, 0.4) is 0 Å². The first kappa shape index (κ1) is 11.8. The van der Waals surface area contributed by atoms with Gasteiger partial charge in [-0.3, -0.25) is 0 Å². The molecule has 0 heterocycles. The molecule has 1 aromatic rings. The standard InChI is InChI=1S/C9H8F4O2/c1-15-6-4-2-3-5(7(6)10)8(14)9(11,12)13/h2-4,8,14H,1H3/t8-/m1/s1. The van der Waals surface area contributed by atoms with E-state index >= 15 is 0 Å². The molecule has 0 saturated carbocycles. The highest BCUT2D eigenvalue weighted by Crippen LogP contribution is 2.35. The topological polar surface area (TPSA) is 29.5 Å². The SMILES string of the molecule is COc1cccc([C@@H](O)C(F)(F)F)c1F. The molecule has 0 aliphatic heterocycles. The molecule has 0 unspecified atom stereocenters. The highest BCUT2D eigenvalue weighted by molar-refractivity contribution is 5.32. The lowest BCUT2D eigenvalue weighted by Crippen LogP contribution is -2.21. The number of hydrogen-bond acceptors (Lipinski definition) is 2. The minimum absolute atomic E-state index is 0.337. The maximum atomic E-state index is 13.3. The summed E-state index contributed by atoms with van der Waals surface area (Å²) in [5, 5.41) is 8.84. The fourth-order valence-corrected chi connectivity index (χ4v) is 1.07. The van der Waals surface area contributed by atoms with Gasteiger partial charge in [0, 0.05) is 5.56 Å². The third kappa shape index (κ3) is 2.38. The zero-order valence-corrected chi connectivity index (χ0v) is 7.68. The van der Waals surface area contributed by atoms with E-state index in [1.165, 1.54) is 12.1 Å². The Morgan fingerprint density at radius 3 is 2.40 bits per heavy atom. The summed E-state index contributed by atoms with van der Waals surface area (Å²) in [5.74, 6) is -1.54. The van der Waals surface area contributed by atoms with Crippen LogP contribution in [0.25, 0.3) is 0 Å². The molecular formula is C9H8F4O2. The maximum Gasteiger partial charge on any atom is 0.418 e. The highest BCUT2D eigenvalue weighted by Gasteiger charge is 2.41. The fourth-order valence-electron chi connectivity index (χ4n) is 1.07. The van der Waals surface area contributed by atoms with Crippen molar-refractivity contribution < 1.29 is 27.4 Å². The van der Waals surface area contributed by atoms with E-state index in [0.29, 0.717) is 0 Å². The van der Waals surface area contributed by atoms with E-state index in [1.807, 2.05) is 0 Å². The molecule has 1 rings (SSSR count). The summed E-state index contributed by atoms with van der Waals surface area (Å²) in [4.78, 5) is 0. The summed E-state index contributed by atoms with van der Waals surface area (Å²) in [7, 11) is 1.13. The van der Waals surface area contributed by atoms with E-state index in [2.05, 4.69) is 4.74 Å². The van der Waals surface area contributed by atoms with E-state index in [0.717, 1.165) is 13.2 Å². The van der Waals surface area contributed by atoms with Gasteiger partial charge in [-0.05, 0) is 6.07 Å². The van der Waals surface area contributed by atoms with Gasteiger partial charge >= 0.3 is 6.18 Å². The second-order valence-electron chi connectivity index (χ2n) is 2.81. The number of rotatable bonds is 2. The molecule has 2 nitrogen and oxygen atoms in total. The van der Waals surface area contributed by atoms with Gasteiger partial charge in [-0.1, -0.05) is 12.1 Å². The Labute approximate surface area is 83.1 Å². The normalized spacial score (nSPS) is 13.7. The molecule has 0 radical (unpaired) electrons. The second-order valence-corrected chi connectivity index (χ2v) is 2.81. The Bertz CT molecular complexity index is 348. The van der Waals surface area contributed by atoms with E-state index < -0.39 is 23.7 Å². The van der Waals surface area contributed by atoms with E-state index in [9.17, 15) is 17.6 Å². The molecule has 0 amide bonds. The second kappa shape index (κ2) is 4.06. The minimum atomic E-state index is -4.90. The molecule has 0 bridgehead atoms. The average Bonchev–Trinajstić information content (AvgIpc) is 2.16. The first-order valence-electron chi connectivity index (χ1n) is 3.95. The van der Waals surface area contributed by atoms with Crippen molar-refractivity contribution in [1.82, 2.24) is 0 Å². The van der Waals surface area contributed by atoms with Crippen molar-refractivity contribution in [2.45, 2.75) is 12.3 Å². The molecule has 15 heavy (non-hydrogen) atoms. The van der Waals surface area contributed by atoms with Crippen molar-refractivity contribution in [2.24, 2.45) is 0 Å². The van der Waals surface area contributed by atoms with Crippen molar-refractivity contribution in [2.75, 3.05) is 7.11 Å². The summed E-state index contributed by atoms with van der Waals surface area (Å²) < 4.78 is 54.0. The maximum absolute atomic E-state index is 13.3. The Morgan fingerprint density at radius 1 is 1.33 bits per heavy atom. The van der Waals surface area contributed by atoms with Crippen LogP contribution < -0.4 is 4.74 Å². The van der Waals surface area contributed by atoms with Gasteiger partial charge in [0.1, 0.15) is 0 Å². The Hall–Kier alpha value is -1.30. The van der Waals surface area contributed by atoms with Crippen LogP contribution in [0.5, 0.6) is 5.75 Å². The van der Waals surface area contributed by atoms with Gasteiger partial charge in [0.25, 0.3) is 0 Å². The fraction of sp³-hybridized carbons (Fsp3) is 0.333. The Balaban J connectivity index is 3.15. The van der Waals surface area contributed by atoms with E-state index in [-0.39, 0.29) is 5.75 Å². The van der Waals surface area contributed by atoms with Crippen LogP contribution in [0.2, 0.25) is 0 Å². The molecule has 0 aliphatic rings. The van der Waals surface area contributed by atoms with Crippen molar-refractivity contribution >= 4 is 0 Å².